The van der Waals surface area contributed by atoms with Gasteiger partial charge in [0.1, 0.15) is 5.69 Å². The molecule has 6 heteroatoms. The average Bonchev–Trinajstić information content (AvgIpc) is 3.27. The first kappa shape index (κ1) is 13.3. The Morgan fingerprint density at radius 1 is 1.53 bits per heavy atom. The smallest absolute Gasteiger partial charge is 0.269 e. The van der Waals surface area contributed by atoms with Gasteiger partial charge in [-0.05, 0) is 30.9 Å². The summed E-state index contributed by atoms with van der Waals surface area (Å²) in [5.41, 5.74) is 6.23. The maximum absolute atomic E-state index is 11.8. The number of carbonyl (C=O) groups is 1. The Hall–Kier alpha value is -2.11. The monoisotopic (exact) mass is 262 g/mol. The first-order chi connectivity index (χ1) is 9.20. The van der Waals surface area contributed by atoms with Crippen LogP contribution in [0.1, 0.15) is 41.7 Å². The first-order valence-corrected chi connectivity index (χ1v) is 6.43. The van der Waals surface area contributed by atoms with E-state index >= 15 is 0 Å². The zero-order chi connectivity index (χ0) is 13.7. The van der Waals surface area contributed by atoms with Crippen molar-refractivity contribution >= 4 is 11.7 Å². The Morgan fingerprint density at radius 2 is 2.32 bits per heavy atom. The van der Waals surface area contributed by atoms with Crippen molar-refractivity contribution in [2.45, 2.75) is 25.7 Å². The Kier molecular flexibility index (Phi) is 4.33. The minimum Gasteiger partial charge on any atom is -0.409 e. The van der Waals surface area contributed by atoms with Crippen LogP contribution in [0.4, 0.5) is 0 Å². The number of nitrogens with zero attached hydrogens (tertiary/aromatic N) is 2. The fraction of sp³-hybridized carbons (Fsp3) is 0.462. The van der Waals surface area contributed by atoms with Crippen molar-refractivity contribution in [3.05, 3.63) is 29.6 Å². The topological polar surface area (TPSA) is 101 Å². The van der Waals surface area contributed by atoms with Crippen molar-refractivity contribution in [3.8, 4) is 0 Å². The fourth-order valence-corrected chi connectivity index (χ4v) is 1.83. The van der Waals surface area contributed by atoms with E-state index in [1.54, 1.807) is 12.1 Å². The standard InChI is InChI=1S/C13H18N4O2/c14-12(17-19)10-5-6-11(16-8-10)13(18)15-7-1-2-9-3-4-9/h5-6,8-9,19H,1-4,7H2,(H2,14,17)(H,15,18). The Morgan fingerprint density at radius 3 is 2.89 bits per heavy atom. The molecule has 0 aromatic carbocycles. The lowest BCUT2D eigenvalue weighted by Crippen LogP contribution is -2.25. The predicted octanol–water partition coefficient (Wildman–Crippen LogP) is 1.10. The molecule has 1 aromatic rings. The summed E-state index contributed by atoms with van der Waals surface area (Å²) in [6, 6.07) is 3.16. The molecule has 19 heavy (non-hydrogen) atoms. The Balaban J connectivity index is 1.80. The van der Waals surface area contributed by atoms with Crippen molar-refractivity contribution in [2.75, 3.05) is 6.54 Å². The molecule has 0 saturated heterocycles. The Labute approximate surface area is 111 Å². The van der Waals surface area contributed by atoms with Gasteiger partial charge in [-0.1, -0.05) is 18.0 Å². The van der Waals surface area contributed by atoms with E-state index in [1.807, 2.05) is 0 Å². The number of nitrogens with one attached hydrogen (secondary N) is 1. The van der Waals surface area contributed by atoms with Crippen molar-refractivity contribution in [3.63, 3.8) is 0 Å². The summed E-state index contributed by atoms with van der Waals surface area (Å²) < 4.78 is 0. The summed E-state index contributed by atoms with van der Waals surface area (Å²) in [4.78, 5) is 15.8. The third-order valence-corrected chi connectivity index (χ3v) is 3.17. The maximum atomic E-state index is 11.8. The highest BCUT2D eigenvalue weighted by Crippen LogP contribution is 2.33. The molecule has 102 valence electrons. The van der Waals surface area contributed by atoms with Crippen molar-refractivity contribution < 1.29 is 10.0 Å². The molecule has 1 heterocycles. The number of carbonyl (C=O) groups excluding carboxylic acids is 1. The van der Waals surface area contributed by atoms with Crippen LogP contribution in [0.3, 0.4) is 0 Å². The van der Waals surface area contributed by atoms with Gasteiger partial charge in [-0.15, -0.1) is 0 Å². The quantitative estimate of drug-likeness (QED) is 0.235. The zero-order valence-corrected chi connectivity index (χ0v) is 10.7. The van der Waals surface area contributed by atoms with Gasteiger partial charge >= 0.3 is 0 Å². The van der Waals surface area contributed by atoms with Crippen LogP contribution in [0, 0.1) is 5.92 Å². The number of nitrogens with two attached hydrogens (primary N) is 1. The maximum Gasteiger partial charge on any atom is 0.269 e. The van der Waals surface area contributed by atoms with E-state index in [2.05, 4.69) is 15.5 Å². The highest BCUT2D eigenvalue weighted by Gasteiger charge is 2.20. The molecule has 0 radical (unpaired) electrons. The van der Waals surface area contributed by atoms with Gasteiger partial charge < -0.3 is 16.3 Å². The summed E-state index contributed by atoms with van der Waals surface area (Å²) in [6.07, 6.45) is 6.29. The lowest BCUT2D eigenvalue weighted by molar-refractivity contribution is 0.0948. The van der Waals surface area contributed by atoms with E-state index in [1.165, 1.54) is 25.5 Å². The predicted molar refractivity (Wildman–Crippen MR) is 71.0 cm³/mol. The number of hydrogen-bond acceptors (Lipinski definition) is 4. The number of hydrogen-bond donors (Lipinski definition) is 3. The summed E-state index contributed by atoms with van der Waals surface area (Å²) >= 11 is 0. The van der Waals surface area contributed by atoms with Crippen molar-refractivity contribution in [1.82, 2.24) is 10.3 Å². The number of rotatable bonds is 6. The first-order valence-electron chi connectivity index (χ1n) is 6.43. The largest absolute Gasteiger partial charge is 0.409 e. The van der Waals surface area contributed by atoms with Gasteiger partial charge in [0, 0.05) is 18.3 Å². The van der Waals surface area contributed by atoms with Crippen LogP contribution in [0.5, 0.6) is 0 Å². The molecule has 6 nitrogen and oxygen atoms in total. The number of amides is 1. The van der Waals surface area contributed by atoms with E-state index in [0.29, 0.717) is 17.8 Å². The van der Waals surface area contributed by atoms with Crippen LogP contribution < -0.4 is 11.1 Å². The molecular formula is C13H18N4O2. The van der Waals surface area contributed by atoms with Gasteiger partial charge in [0.2, 0.25) is 0 Å². The van der Waals surface area contributed by atoms with Crippen LogP contribution >= 0.6 is 0 Å². The number of amidine groups is 1. The highest BCUT2D eigenvalue weighted by molar-refractivity contribution is 5.98. The molecule has 2 rings (SSSR count). The van der Waals surface area contributed by atoms with Gasteiger partial charge in [0.05, 0.1) is 0 Å². The minimum atomic E-state index is -0.193. The van der Waals surface area contributed by atoms with Gasteiger partial charge in [-0.3, -0.25) is 9.78 Å². The number of oxime groups is 1. The molecule has 1 aliphatic carbocycles. The molecule has 0 aliphatic heterocycles. The lowest BCUT2D eigenvalue weighted by atomic mass is 10.2. The lowest BCUT2D eigenvalue weighted by Gasteiger charge is -2.05. The SMILES string of the molecule is N/C(=N/O)c1ccc(C(=O)NCCCC2CC2)nc1. The van der Waals surface area contributed by atoms with E-state index in [-0.39, 0.29) is 11.7 Å². The molecule has 1 aliphatic rings. The van der Waals surface area contributed by atoms with Gasteiger partial charge in [0.15, 0.2) is 5.84 Å². The second-order valence-corrected chi connectivity index (χ2v) is 4.76. The number of pyridine rings is 1. The molecule has 1 saturated carbocycles. The van der Waals surface area contributed by atoms with Crippen molar-refractivity contribution in [1.29, 1.82) is 0 Å². The fourth-order valence-electron chi connectivity index (χ4n) is 1.83. The summed E-state index contributed by atoms with van der Waals surface area (Å²) in [5.74, 6) is 0.667. The average molecular weight is 262 g/mol. The second-order valence-electron chi connectivity index (χ2n) is 4.76. The summed E-state index contributed by atoms with van der Waals surface area (Å²) in [6.45, 7) is 0.680. The van der Waals surface area contributed by atoms with E-state index < -0.39 is 0 Å². The third kappa shape index (κ3) is 3.94. The molecule has 0 unspecified atom stereocenters. The minimum absolute atomic E-state index is 0.0242. The van der Waals surface area contributed by atoms with Gasteiger partial charge in [0.25, 0.3) is 5.91 Å². The Bertz CT molecular complexity index is 466. The molecule has 4 N–H and O–H groups in total. The summed E-state index contributed by atoms with van der Waals surface area (Å²) in [5, 5.41) is 14.2. The van der Waals surface area contributed by atoms with Crippen LogP contribution in [-0.2, 0) is 0 Å². The third-order valence-electron chi connectivity index (χ3n) is 3.17. The normalized spacial score (nSPS) is 15.3. The van der Waals surface area contributed by atoms with Crippen LogP contribution in [0.2, 0.25) is 0 Å². The molecule has 0 spiro atoms. The van der Waals surface area contributed by atoms with Gasteiger partial charge in [-0.25, -0.2) is 0 Å². The van der Waals surface area contributed by atoms with E-state index in [9.17, 15) is 4.79 Å². The van der Waals surface area contributed by atoms with Crippen LogP contribution in [0.15, 0.2) is 23.5 Å². The molecule has 0 atom stereocenters. The van der Waals surface area contributed by atoms with E-state index in [4.69, 9.17) is 10.9 Å². The second kappa shape index (κ2) is 6.17. The van der Waals surface area contributed by atoms with Crippen molar-refractivity contribution in [2.24, 2.45) is 16.8 Å². The molecule has 1 fully saturated rings. The van der Waals surface area contributed by atoms with Crippen LogP contribution in [0.25, 0.3) is 0 Å². The van der Waals surface area contributed by atoms with Gasteiger partial charge in [-0.2, -0.15) is 0 Å². The number of aromatic nitrogens is 1. The zero-order valence-electron chi connectivity index (χ0n) is 10.7. The molecule has 0 bridgehead atoms. The van der Waals surface area contributed by atoms with E-state index in [0.717, 1.165) is 12.3 Å². The molecule has 1 aromatic heterocycles. The summed E-state index contributed by atoms with van der Waals surface area (Å²) in [7, 11) is 0. The highest BCUT2D eigenvalue weighted by atomic mass is 16.4. The molecular weight excluding hydrogens is 244 g/mol. The van der Waals surface area contributed by atoms with Crippen LogP contribution in [-0.4, -0.2) is 28.5 Å². The molecule has 1 amide bonds.